The highest BCUT2D eigenvalue weighted by Crippen LogP contribution is 2.32. The van der Waals surface area contributed by atoms with Gasteiger partial charge in [-0.25, -0.2) is 14.8 Å². The smallest absolute Gasteiger partial charge is 0.407 e. The predicted molar refractivity (Wildman–Crippen MR) is 106 cm³/mol. The number of hydrogen-bond donors (Lipinski definition) is 1. The first-order valence-electron chi connectivity index (χ1n) is 9.31. The molecule has 0 aliphatic carbocycles. The van der Waals surface area contributed by atoms with Crippen LogP contribution in [0.3, 0.4) is 0 Å². The van der Waals surface area contributed by atoms with Crippen LogP contribution in [-0.2, 0) is 11.2 Å². The third kappa shape index (κ3) is 4.63. The van der Waals surface area contributed by atoms with Gasteiger partial charge in [-0.05, 0) is 52.0 Å². The monoisotopic (exact) mass is 376 g/mol. The van der Waals surface area contributed by atoms with Gasteiger partial charge in [-0.15, -0.1) is 11.3 Å². The predicted octanol–water partition coefficient (Wildman–Crippen LogP) is 3.99. The van der Waals surface area contributed by atoms with Crippen molar-refractivity contribution in [2.45, 2.75) is 52.6 Å². The zero-order valence-corrected chi connectivity index (χ0v) is 16.9. The first kappa shape index (κ1) is 18.9. The van der Waals surface area contributed by atoms with Gasteiger partial charge in [0.15, 0.2) is 0 Å². The Morgan fingerprint density at radius 1 is 1.35 bits per heavy atom. The molecule has 2 aromatic rings. The molecule has 6 nitrogen and oxygen atoms in total. The average Bonchev–Trinajstić information content (AvgIpc) is 3.02. The number of ether oxygens (including phenoxy) is 1. The SMILES string of the molecule is CCc1cc2c(N3CCC(CNC(=O)OC(C)(C)C)CC3)ncnc2s1. The largest absolute Gasteiger partial charge is 0.444 e. The lowest BCUT2D eigenvalue weighted by atomic mass is 9.96. The first-order chi connectivity index (χ1) is 12.4. The zero-order valence-electron chi connectivity index (χ0n) is 16.0. The quantitative estimate of drug-likeness (QED) is 0.874. The third-order valence-corrected chi connectivity index (χ3v) is 5.74. The zero-order chi connectivity index (χ0) is 18.7. The van der Waals surface area contributed by atoms with Crippen molar-refractivity contribution in [1.82, 2.24) is 15.3 Å². The molecule has 3 heterocycles. The number of nitrogens with zero attached hydrogens (tertiary/aromatic N) is 3. The van der Waals surface area contributed by atoms with Crippen LogP contribution in [0.25, 0.3) is 10.2 Å². The van der Waals surface area contributed by atoms with Crippen molar-refractivity contribution < 1.29 is 9.53 Å². The van der Waals surface area contributed by atoms with Crippen LogP contribution in [-0.4, -0.2) is 41.3 Å². The van der Waals surface area contributed by atoms with E-state index in [4.69, 9.17) is 4.74 Å². The number of aromatic nitrogens is 2. The van der Waals surface area contributed by atoms with Crippen molar-refractivity contribution >= 4 is 33.5 Å². The summed E-state index contributed by atoms with van der Waals surface area (Å²) in [6.45, 7) is 10.4. The van der Waals surface area contributed by atoms with E-state index in [0.29, 0.717) is 12.5 Å². The van der Waals surface area contributed by atoms with Crippen molar-refractivity contribution in [1.29, 1.82) is 0 Å². The fourth-order valence-corrected chi connectivity index (χ4v) is 4.14. The van der Waals surface area contributed by atoms with E-state index in [0.717, 1.165) is 43.0 Å². The topological polar surface area (TPSA) is 67.4 Å². The van der Waals surface area contributed by atoms with E-state index >= 15 is 0 Å². The molecule has 1 amide bonds. The molecule has 1 N–H and O–H groups in total. The number of carbonyl (C=O) groups is 1. The second-order valence-electron chi connectivity index (χ2n) is 7.80. The van der Waals surface area contributed by atoms with Gasteiger partial charge >= 0.3 is 6.09 Å². The summed E-state index contributed by atoms with van der Waals surface area (Å²) in [7, 11) is 0. The summed E-state index contributed by atoms with van der Waals surface area (Å²) in [4.78, 5) is 25.5. The van der Waals surface area contributed by atoms with E-state index in [-0.39, 0.29) is 6.09 Å². The summed E-state index contributed by atoms with van der Waals surface area (Å²) in [5.41, 5.74) is -0.455. The number of amides is 1. The molecule has 0 saturated carbocycles. The number of thiophene rings is 1. The number of anilines is 1. The first-order valence-corrected chi connectivity index (χ1v) is 10.1. The van der Waals surface area contributed by atoms with Crippen molar-refractivity contribution in [2.24, 2.45) is 5.92 Å². The van der Waals surface area contributed by atoms with Gasteiger partial charge in [0.2, 0.25) is 0 Å². The number of alkyl carbamates (subject to hydrolysis) is 1. The molecule has 3 rings (SSSR count). The molecule has 0 atom stereocenters. The third-order valence-electron chi connectivity index (χ3n) is 4.56. The van der Waals surface area contributed by atoms with Crippen LogP contribution in [0.1, 0.15) is 45.4 Å². The number of nitrogens with one attached hydrogen (secondary N) is 1. The lowest BCUT2D eigenvalue weighted by molar-refractivity contribution is 0.0517. The maximum absolute atomic E-state index is 11.8. The van der Waals surface area contributed by atoms with Gasteiger partial charge in [0.25, 0.3) is 0 Å². The summed E-state index contributed by atoms with van der Waals surface area (Å²) in [5, 5.41) is 4.07. The van der Waals surface area contributed by atoms with Gasteiger partial charge in [0.05, 0.1) is 5.39 Å². The average molecular weight is 377 g/mol. The highest BCUT2D eigenvalue weighted by Gasteiger charge is 2.23. The summed E-state index contributed by atoms with van der Waals surface area (Å²) >= 11 is 1.75. The molecule has 1 fully saturated rings. The molecule has 0 spiro atoms. The fourth-order valence-electron chi connectivity index (χ4n) is 3.21. The van der Waals surface area contributed by atoms with Gasteiger partial charge in [-0.3, -0.25) is 0 Å². The molecule has 2 aromatic heterocycles. The molecular weight excluding hydrogens is 348 g/mol. The highest BCUT2D eigenvalue weighted by molar-refractivity contribution is 7.18. The summed E-state index contributed by atoms with van der Waals surface area (Å²) in [6.07, 6.45) is 4.43. The van der Waals surface area contributed by atoms with Gasteiger partial charge in [0, 0.05) is 24.5 Å². The number of fused-ring (bicyclic) bond motifs is 1. The number of piperidine rings is 1. The van der Waals surface area contributed by atoms with Gasteiger partial charge < -0.3 is 15.0 Å². The maximum Gasteiger partial charge on any atom is 0.407 e. The Bertz CT molecular complexity index is 760. The van der Waals surface area contributed by atoms with Crippen molar-refractivity contribution in [3.05, 3.63) is 17.3 Å². The van der Waals surface area contributed by atoms with Gasteiger partial charge in [0.1, 0.15) is 22.6 Å². The summed E-state index contributed by atoms with van der Waals surface area (Å²) in [5.74, 6) is 1.52. The Hall–Kier alpha value is -1.89. The van der Waals surface area contributed by atoms with Crippen LogP contribution < -0.4 is 10.2 Å². The Kier molecular flexibility index (Phi) is 5.65. The minimum absolute atomic E-state index is 0.331. The Balaban J connectivity index is 1.56. The van der Waals surface area contributed by atoms with E-state index in [2.05, 4.69) is 33.2 Å². The number of rotatable bonds is 4. The van der Waals surface area contributed by atoms with E-state index in [1.54, 1.807) is 17.7 Å². The molecule has 26 heavy (non-hydrogen) atoms. The minimum Gasteiger partial charge on any atom is -0.444 e. The van der Waals surface area contributed by atoms with E-state index in [1.807, 2.05) is 20.8 Å². The van der Waals surface area contributed by atoms with Crippen LogP contribution >= 0.6 is 11.3 Å². The molecule has 1 aliphatic heterocycles. The lowest BCUT2D eigenvalue weighted by Gasteiger charge is -2.33. The minimum atomic E-state index is -0.455. The second-order valence-corrected chi connectivity index (χ2v) is 8.91. The van der Waals surface area contributed by atoms with Gasteiger partial charge in [-0.1, -0.05) is 6.92 Å². The van der Waals surface area contributed by atoms with Crippen molar-refractivity contribution in [3.63, 3.8) is 0 Å². The van der Waals surface area contributed by atoms with Crippen LogP contribution in [0.15, 0.2) is 12.4 Å². The van der Waals surface area contributed by atoms with Crippen LogP contribution in [0.5, 0.6) is 0 Å². The Labute approximate surface area is 159 Å². The van der Waals surface area contributed by atoms with E-state index in [9.17, 15) is 4.79 Å². The molecule has 0 unspecified atom stereocenters. The molecular formula is C19H28N4O2S. The Morgan fingerprint density at radius 3 is 2.73 bits per heavy atom. The lowest BCUT2D eigenvalue weighted by Crippen LogP contribution is -2.40. The van der Waals surface area contributed by atoms with Crippen LogP contribution in [0.4, 0.5) is 10.6 Å². The number of hydrogen-bond acceptors (Lipinski definition) is 6. The van der Waals surface area contributed by atoms with Crippen molar-refractivity contribution in [2.75, 3.05) is 24.5 Å². The summed E-state index contributed by atoms with van der Waals surface area (Å²) in [6, 6.07) is 2.23. The Morgan fingerprint density at radius 2 is 2.08 bits per heavy atom. The molecule has 0 aromatic carbocycles. The highest BCUT2D eigenvalue weighted by atomic mass is 32.1. The standard InChI is InChI=1S/C19H28N4O2S/c1-5-14-10-15-16(21-12-22-17(15)26-14)23-8-6-13(7-9-23)11-20-18(24)25-19(2,3)4/h10,12-13H,5-9,11H2,1-4H3,(H,20,24). The van der Waals surface area contributed by atoms with E-state index in [1.165, 1.54) is 10.3 Å². The number of carbonyl (C=O) groups excluding carboxylic acids is 1. The molecule has 7 heteroatoms. The normalized spacial score (nSPS) is 16.1. The van der Waals surface area contributed by atoms with Crippen molar-refractivity contribution in [3.8, 4) is 0 Å². The summed E-state index contributed by atoms with van der Waals surface area (Å²) < 4.78 is 5.30. The second kappa shape index (κ2) is 7.78. The molecule has 1 saturated heterocycles. The number of aryl methyl sites for hydroxylation is 1. The van der Waals surface area contributed by atoms with E-state index < -0.39 is 5.60 Å². The fraction of sp³-hybridized carbons (Fsp3) is 0.632. The maximum atomic E-state index is 11.8. The molecule has 142 valence electrons. The molecule has 1 aliphatic rings. The molecule has 0 bridgehead atoms. The molecule has 0 radical (unpaired) electrons. The van der Waals surface area contributed by atoms with Crippen LogP contribution in [0, 0.1) is 5.92 Å². The van der Waals surface area contributed by atoms with Gasteiger partial charge in [-0.2, -0.15) is 0 Å². The van der Waals surface area contributed by atoms with Crippen LogP contribution in [0.2, 0.25) is 0 Å².